The molecule has 6 heteroatoms. The highest BCUT2D eigenvalue weighted by atomic mass is 32.1. The van der Waals surface area contributed by atoms with Crippen LogP contribution in [0.4, 0.5) is 5.13 Å². The first-order valence-electron chi connectivity index (χ1n) is 7.23. The van der Waals surface area contributed by atoms with E-state index in [1.807, 2.05) is 49.1 Å². The van der Waals surface area contributed by atoms with E-state index in [9.17, 15) is 0 Å². The topological polar surface area (TPSA) is 69.6 Å². The number of nitrogens with two attached hydrogens (primary N) is 1. The molecule has 114 valence electrons. The molecule has 0 fully saturated rings. The van der Waals surface area contributed by atoms with Crippen molar-refractivity contribution in [2.24, 2.45) is 7.05 Å². The van der Waals surface area contributed by atoms with Crippen LogP contribution in [0.5, 0.6) is 0 Å². The Morgan fingerprint density at radius 1 is 1.13 bits per heavy atom. The Morgan fingerprint density at radius 2 is 2.00 bits per heavy atom. The molecule has 0 spiro atoms. The van der Waals surface area contributed by atoms with Gasteiger partial charge in [0, 0.05) is 12.7 Å². The van der Waals surface area contributed by atoms with Gasteiger partial charge >= 0.3 is 0 Å². The van der Waals surface area contributed by atoms with Gasteiger partial charge in [-0.3, -0.25) is 4.98 Å². The minimum Gasteiger partial charge on any atom is -0.375 e. The van der Waals surface area contributed by atoms with Crippen LogP contribution in [0.1, 0.15) is 5.69 Å². The highest BCUT2D eigenvalue weighted by molar-refractivity contribution is 7.19. The highest BCUT2D eigenvalue weighted by Crippen LogP contribution is 2.38. The molecule has 0 aliphatic rings. The van der Waals surface area contributed by atoms with Crippen molar-refractivity contribution in [1.29, 1.82) is 0 Å². The number of benzene rings is 1. The van der Waals surface area contributed by atoms with Crippen molar-refractivity contribution >= 4 is 27.5 Å². The van der Waals surface area contributed by atoms with Crippen LogP contribution < -0.4 is 5.73 Å². The van der Waals surface area contributed by atoms with Crippen molar-refractivity contribution in [2.75, 3.05) is 5.73 Å². The molecule has 0 aliphatic carbocycles. The van der Waals surface area contributed by atoms with Crippen LogP contribution in [-0.2, 0) is 7.05 Å². The van der Waals surface area contributed by atoms with Crippen LogP contribution >= 0.6 is 11.3 Å². The van der Waals surface area contributed by atoms with E-state index in [2.05, 4.69) is 27.1 Å². The van der Waals surface area contributed by atoms with Crippen molar-refractivity contribution in [3.05, 3.63) is 48.4 Å². The fraction of sp³-hybridized carbons (Fsp3) is 0.118. The molecule has 0 atom stereocenters. The van der Waals surface area contributed by atoms with Gasteiger partial charge in [0.25, 0.3) is 0 Å². The van der Waals surface area contributed by atoms with Gasteiger partial charge in [0.1, 0.15) is 5.69 Å². The number of hydrogen-bond acceptors (Lipinski definition) is 5. The SMILES string of the molecule is Cc1cccc(-c2nc(N)sc2-c2ccc3ncn(C)c3c2)n1. The molecule has 4 aromatic rings. The van der Waals surface area contributed by atoms with Crippen molar-refractivity contribution in [2.45, 2.75) is 6.92 Å². The molecular weight excluding hydrogens is 306 g/mol. The minimum absolute atomic E-state index is 0.545. The smallest absolute Gasteiger partial charge is 0.181 e. The minimum atomic E-state index is 0.545. The summed E-state index contributed by atoms with van der Waals surface area (Å²) < 4.78 is 2.01. The van der Waals surface area contributed by atoms with Crippen LogP contribution in [0, 0.1) is 6.92 Å². The van der Waals surface area contributed by atoms with Crippen LogP contribution in [-0.4, -0.2) is 19.5 Å². The normalized spacial score (nSPS) is 11.2. The summed E-state index contributed by atoms with van der Waals surface area (Å²) in [6.07, 6.45) is 1.82. The molecule has 0 bridgehead atoms. The maximum Gasteiger partial charge on any atom is 0.181 e. The number of pyridine rings is 1. The lowest BCUT2D eigenvalue weighted by atomic mass is 10.1. The fourth-order valence-electron chi connectivity index (χ4n) is 2.65. The van der Waals surface area contributed by atoms with Crippen molar-refractivity contribution < 1.29 is 0 Å². The van der Waals surface area contributed by atoms with Gasteiger partial charge in [0.05, 0.1) is 27.9 Å². The number of fused-ring (bicyclic) bond motifs is 1. The van der Waals surface area contributed by atoms with Crippen molar-refractivity contribution in [3.8, 4) is 21.8 Å². The molecule has 2 N–H and O–H groups in total. The lowest BCUT2D eigenvalue weighted by Crippen LogP contribution is -1.90. The van der Waals surface area contributed by atoms with E-state index in [1.54, 1.807) is 0 Å². The number of nitrogens with zero attached hydrogens (tertiary/aromatic N) is 4. The molecule has 1 aromatic carbocycles. The second kappa shape index (κ2) is 5.17. The Labute approximate surface area is 137 Å². The van der Waals surface area contributed by atoms with Gasteiger partial charge in [-0.15, -0.1) is 0 Å². The third-order valence-corrected chi connectivity index (χ3v) is 4.70. The summed E-state index contributed by atoms with van der Waals surface area (Å²) in [5.41, 5.74) is 11.7. The van der Waals surface area contributed by atoms with Crippen molar-refractivity contribution in [3.63, 3.8) is 0 Å². The summed E-state index contributed by atoms with van der Waals surface area (Å²) >= 11 is 1.48. The number of rotatable bonds is 2. The number of hydrogen-bond donors (Lipinski definition) is 1. The summed E-state index contributed by atoms with van der Waals surface area (Å²) in [4.78, 5) is 14.5. The zero-order chi connectivity index (χ0) is 16.0. The van der Waals surface area contributed by atoms with Crippen LogP contribution in [0.2, 0.25) is 0 Å². The van der Waals surface area contributed by atoms with Crippen LogP contribution in [0.3, 0.4) is 0 Å². The summed E-state index contributed by atoms with van der Waals surface area (Å²) in [7, 11) is 1.99. The molecule has 0 amide bonds. The quantitative estimate of drug-likeness (QED) is 0.612. The molecule has 0 saturated heterocycles. The Bertz CT molecular complexity index is 1010. The molecule has 5 nitrogen and oxygen atoms in total. The molecule has 0 radical (unpaired) electrons. The molecule has 3 aromatic heterocycles. The maximum absolute atomic E-state index is 5.98. The number of anilines is 1. The zero-order valence-electron chi connectivity index (χ0n) is 12.8. The third kappa shape index (κ3) is 2.37. The standard InChI is InChI=1S/C17H15N5S/c1-10-4-3-5-13(20-10)15-16(23-17(18)21-15)11-6-7-12-14(8-11)22(2)9-19-12/h3-9H,1-2H3,(H2,18,21). The van der Waals surface area contributed by atoms with E-state index in [-0.39, 0.29) is 0 Å². The second-order valence-electron chi connectivity index (χ2n) is 5.45. The summed E-state index contributed by atoms with van der Waals surface area (Å²) in [5.74, 6) is 0. The number of thiazole rings is 1. The predicted octanol–water partition coefficient (Wildman–Crippen LogP) is 3.65. The molecule has 0 saturated carbocycles. The van der Waals surface area contributed by atoms with Gasteiger partial charge in [-0.25, -0.2) is 9.97 Å². The van der Waals surface area contributed by atoms with E-state index < -0.39 is 0 Å². The first-order chi connectivity index (χ1) is 11.1. The Balaban J connectivity index is 1.92. The molecule has 3 heterocycles. The van der Waals surface area contributed by atoms with Gasteiger partial charge < -0.3 is 10.3 Å². The second-order valence-corrected chi connectivity index (χ2v) is 6.48. The number of aromatic nitrogens is 4. The summed E-state index contributed by atoms with van der Waals surface area (Å²) in [5, 5.41) is 0.545. The summed E-state index contributed by atoms with van der Waals surface area (Å²) in [6.45, 7) is 1.97. The highest BCUT2D eigenvalue weighted by Gasteiger charge is 2.16. The number of imidazole rings is 1. The van der Waals surface area contributed by atoms with Gasteiger partial charge in [-0.1, -0.05) is 23.5 Å². The zero-order valence-corrected chi connectivity index (χ0v) is 13.6. The van der Waals surface area contributed by atoms with Gasteiger partial charge in [0.2, 0.25) is 0 Å². The third-order valence-electron chi connectivity index (χ3n) is 3.76. The average Bonchev–Trinajstić information content (AvgIpc) is 3.11. The number of aryl methyl sites for hydroxylation is 2. The Hall–Kier alpha value is -2.73. The van der Waals surface area contributed by atoms with Crippen LogP contribution in [0.15, 0.2) is 42.7 Å². The Kier molecular flexibility index (Phi) is 3.12. The van der Waals surface area contributed by atoms with E-state index in [4.69, 9.17) is 5.73 Å². The first kappa shape index (κ1) is 13.9. The summed E-state index contributed by atoms with van der Waals surface area (Å²) in [6, 6.07) is 12.1. The first-order valence-corrected chi connectivity index (χ1v) is 8.05. The van der Waals surface area contributed by atoms with Gasteiger partial charge in [-0.2, -0.15) is 0 Å². The van der Waals surface area contributed by atoms with E-state index in [0.717, 1.165) is 38.6 Å². The van der Waals surface area contributed by atoms with E-state index in [0.29, 0.717) is 5.13 Å². The fourth-order valence-corrected chi connectivity index (χ4v) is 3.49. The molecular formula is C17H15N5S. The van der Waals surface area contributed by atoms with E-state index in [1.165, 1.54) is 11.3 Å². The lowest BCUT2D eigenvalue weighted by Gasteiger charge is -2.04. The van der Waals surface area contributed by atoms with E-state index >= 15 is 0 Å². The van der Waals surface area contributed by atoms with Crippen LogP contribution in [0.25, 0.3) is 32.9 Å². The van der Waals surface area contributed by atoms with Crippen molar-refractivity contribution in [1.82, 2.24) is 19.5 Å². The molecule has 23 heavy (non-hydrogen) atoms. The molecule has 4 rings (SSSR count). The average molecular weight is 321 g/mol. The monoisotopic (exact) mass is 321 g/mol. The van der Waals surface area contributed by atoms with Gasteiger partial charge in [0.15, 0.2) is 5.13 Å². The maximum atomic E-state index is 5.98. The predicted molar refractivity (Wildman–Crippen MR) is 94.2 cm³/mol. The number of nitrogen functional groups attached to an aromatic ring is 1. The molecule has 0 unspecified atom stereocenters. The largest absolute Gasteiger partial charge is 0.375 e. The molecule has 0 aliphatic heterocycles. The Morgan fingerprint density at radius 3 is 2.83 bits per heavy atom. The lowest BCUT2D eigenvalue weighted by molar-refractivity contribution is 0.948. The van der Waals surface area contributed by atoms with Gasteiger partial charge in [-0.05, 0) is 36.8 Å².